The summed E-state index contributed by atoms with van der Waals surface area (Å²) in [5.74, 6) is -2.26. The van der Waals surface area contributed by atoms with Gasteiger partial charge < -0.3 is 15.8 Å². The van der Waals surface area contributed by atoms with Crippen molar-refractivity contribution >= 4 is 6.09 Å². The summed E-state index contributed by atoms with van der Waals surface area (Å²) in [5, 5.41) is 2.45. The highest BCUT2D eigenvalue weighted by molar-refractivity contribution is 5.67. The van der Waals surface area contributed by atoms with Gasteiger partial charge in [-0.25, -0.2) is 13.6 Å². The Balaban J connectivity index is 2.71. The van der Waals surface area contributed by atoms with Gasteiger partial charge in [-0.1, -0.05) is 0 Å². The molecule has 0 aliphatic carbocycles. The zero-order valence-electron chi connectivity index (χ0n) is 11.7. The second-order valence-corrected chi connectivity index (χ2v) is 5.33. The summed E-state index contributed by atoms with van der Waals surface area (Å²) < 4.78 is 32.2. The first-order chi connectivity index (χ1) is 9.24. The van der Waals surface area contributed by atoms with Gasteiger partial charge in [0.25, 0.3) is 0 Å². The van der Waals surface area contributed by atoms with Crippen LogP contribution in [0.4, 0.5) is 13.6 Å². The number of pyridine rings is 1. The van der Waals surface area contributed by atoms with Crippen molar-refractivity contribution in [1.82, 2.24) is 10.3 Å². The van der Waals surface area contributed by atoms with Gasteiger partial charge in [-0.3, -0.25) is 4.98 Å². The Hall–Kier alpha value is -1.76. The van der Waals surface area contributed by atoms with Crippen molar-refractivity contribution in [1.29, 1.82) is 0 Å². The predicted molar refractivity (Wildman–Crippen MR) is 70.2 cm³/mol. The zero-order chi connectivity index (χ0) is 15.3. The van der Waals surface area contributed by atoms with Crippen LogP contribution in [0.2, 0.25) is 0 Å². The van der Waals surface area contributed by atoms with Crippen LogP contribution in [0.1, 0.15) is 32.3 Å². The van der Waals surface area contributed by atoms with E-state index in [1.54, 1.807) is 20.8 Å². The monoisotopic (exact) mass is 287 g/mol. The minimum Gasteiger partial charge on any atom is -0.444 e. The van der Waals surface area contributed by atoms with Crippen LogP contribution in [0.15, 0.2) is 12.4 Å². The summed E-state index contributed by atoms with van der Waals surface area (Å²) >= 11 is 0. The van der Waals surface area contributed by atoms with Crippen molar-refractivity contribution in [3.05, 3.63) is 29.6 Å². The number of nitrogens with one attached hydrogen (secondary N) is 1. The molecule has 0 bridgehead atoms. The molecule has 1 atom stereocenters. The van der Waals surface area contributed by atoms with E-state index >= 15 is 0 Å². The van der Waals surface area contributed by atoms with E-state index in [0.717, 1.165) is 12.4 Å². The van der Waals surface area contributed by atoms with Gasteiger partial charge in [-0.05, 0) is 20.8 Å². The molecule has 0 saturated carbocycles. The Labute approximate surface area is 116 Å². The van der Waals surface area contributed by atoms with Crippen LogP contribution in [0.3, 0.4) is 0 Å². The van der Waals surface area contributed by atoms with Crippen molar-refractivity contribution in [2.75, 3.05) is 13.1 Å². The normalized spacial score (nSPS) is 12.9. The smallest absolute Gasteiger partial charge is 0.407 e. The number of hydrogen-bond acceptors (Lipinski definition) is 4. The van der Waals surface area contributed by atoms with E-state index in [9.17, 15) is 13.6 Å². The Morgan fingerprint density at radius 2 is 1.95 bits per heavy atom. The average Bonchev–Trinajstić information content (AvgIpc) is 2.30. The maximum absolute atomic E-state index is 13.6. The molecule has 7 heteroatoms. The summed E-state index contributed by atoms with van der Waals surface area (Å²) in [7, 11) is 0. The fourth-order valence-corrected chi connectivity index (χ4v) is 1.64. The molecule has 0 aromatic carbocycles. The van der Waals surface area contributed by atoms with E-state index in [4.69, 9.17) is 10.5 Å². The van der Waals surface area contributed by atoms with Crippen LogP contribution >= 0.6 is 0 Å². The van der Waals surface area contributed by atoms with Crippen molar-refractivity contribution in [3.8, 4) is 0 Å². The third-order valence-electron chi connectivity index (χ3n) is 2.47. The molecule has 1 amide bonds. The molecule has 0 radical (unpaired) electrons. The van der Waals surface area contributed by atoms with Gasteiger partial charge in [0.15, 0.2) is 0 Å². The molecule has 0 aliphatic rings. The third-order valence-corrected chi connectivity index (χ3v) is 2.47. The topological polar surface area (TPSA) is 77.2 Å². The molecular weight excluding hydrogens is 268 g/mol. The highest BCUT2D eigenvalue weighted by Gasteiger charge is 2.22. The van der Waals surface area contributed by atoms with Gasteiger partial charge in [-0.15, -0.1) is 0 Å². The highest BCUT2D eigenvalue weighted by atomic mass is 19.1. The first-order valence-corrected chi connectivity index (χ1v) is 6.20. The van der Waals surface area contributed by atoms with Gasteiger partial charge in [0.1, 0.15) is 17.2 Å². The van der Waals surface area contributed by atoms with E-state index in [0.29, 0.717) is 0 Å². The lowest BCUT2D eigenvalue weighted by Crippen LogP contribution is -2.36. The Bertz CT molecular complexity index is 455. The number of ether oxygens (including phenoxy) is 1. The van der Waals surface area contributed by atoms with Crippen LogP contribution in [0, 0.1) is 11.6 Å². The van der Waals surface area contributed by atoms with Gasteiger partial charge in [0.2, 0.25) is 0 Å². The minimum absolute atomic E-state index is 0.0202. The molecule has 3 N–H and O–H groups in total. The molecule has 20 heavy (non-hydrogen) atoms. The fourth-order valence-electron chi connectivity index (χ4n) is 1.64. The number of nitrogens with two attached hydrogens (primary N) is 1. The highest BCUT2D eigenvalue weighted by Crippen LogP contribution is 2.20. The van der Waals surface area contributed by atoms with E-state index in [2.05, 4.69) is 10.3 Å². The maximum atomic E-state index is 13.6. The SMILES string of the molecule is CC(C)(C)OC(=O)NCC(CN)c1c(F)cncc1F. The largest absolute Gasteiger partial charge is 0.444 e. The summed E-state index contributed by atoms with van der Waals surface area (Å²) in [6.07, 6.45) is 1.16. The first-order valence-electron chi connectivity index (χ1n) is 6.20. The lowest BCUT2D eigenvalue weighted by Gasteiger charge is -2.22. The second kappa shape index (κ2) is 6.60. The Kier molecular flexibility index (Phi) is 5.38. The number of alkyl carbamates (subject to hydrolysis) is 1. The van der Waals surface area contributed by atoms with Crippen molar-refractivity contribution in [3.63, 3.8) is 0 Å². The molecule has 1 unspecified atom stereocenters. The number of amides is 1. The first kappa shape index (κ1) is 16.3. The van der Waals surface area contributed by atoms with Crippen LogP contribution in [0.25, 0.3) is 0 Å². The zero-order valence-corrected chi connectivity index (χ0v) is 11.7. The molecule has 112 valence electrons. The van der Waals surface area contributed by atoms with E-state index in [1.165, 1.54) is 0 Å². The number of halogens is 2. The molecule has 1 aromatic rings. The Morgan fingerprint density at radius 1 is 1.40 bits per heavy atom. The third kappa shape index (κ3) is 4.73. The molecule has 1 heterocycles. The standard InChI is InChI=1S/C13H19F2N3O2/c1-13(2,3)20-12(19)18-5-8(4-16)11-9(14)6-17-7-10(11)15/h6-8H,4-5,16H2,1-3H3,(H,18,19). The van der Waals surface area contributed by atoms with Crippen molar-refractivity contribution in [2.24, 2.45) is 5.73 Å². The number of nitrogens with zero attached hydrogens (tertiary/aromatic N) is 1. The van der Waals surface area contributed by atoms with Crippen LogP contribution in [-0.4, -0.2) is 29.8 Å². The summed E-state index contributed by atoms with van der Waals surface area (Å²) in [6.45, 7) is 5.11. The molecular formula is C13H19F2N3O2. The number of hydrogen-bond donors (Lipinski definition) is 2. The van der Waals surface area contributed by atoms with Gasteiger partial charge in [-0.2, -0.15) is 0 Å². The second-order valence-electron chi connectivity index (χ2n) is 5.33. The predicted octanol–water partition coefficient (Wildman–Crippen LogP) is 1.93. The maximum Gasteiger partial charge on any atom is 0.407 e. The van der Waals surface area contributed by atoms with Gasteiger partial charge in [0, 0.05) is 24.6 Å². The molecule has 1 rings (SSSR count). The Morgan fingerprint density at radius 3 is 2.40 bits per heavy atom. The number of aromatic nitrogens is 1. The minimum atomic E-state index is -0.786. The molecule has 0 spiro atoms. The van der Waals surface area contributed by atoms with Crippen molar-refractivity contribution in [2.45, 2.75) is 32.3 Å². The average molecular weight is 287 g/mol. The summed E-state index contributed by atoms with van der Waals surface area (Å²) in [6, 6.07) is 0. The van der Waals surface area contributed by atoms with Crippen molar-refractivity contribution < 1.29 is 18.3 Å². The number of carbonyl (C=O) groups excluding carboxylic acids is 1. The van der Waals surface area contributed by atoms with Gasteiger partial charge in [0.05, 0.1) is 12.4 Å². The molecule has 0 fully saturated rings. The summed E-state index contributed by atoms with van der Waals surface area (Å²) in [5.41, 5.74) is 4.68. The van der Waals surface area contributed by atoms with E-state index < -0.39 is 29.2 Å². The number of carbonyl (C=O) groups is 1. The molecule has 1 aromatic heterocycles. The quantitative estimate of drug-likeness (QED) is 0.887. The fraction of sp³-hybridized carbons (Fsp3) is 0.538. The lowest BCUT2D eigenvalue weighted by molar-refractivity contribution is 0.0524. The number of rotatable bonds is 4. The van der Waals surface area contributed by atoms with E-state index in [1.807, 2.05) is 0 Å². The molecule has 5 nitrogen and oxygen atoms in total. The lowest BCUT2D eigenvalue weighted by atomic mass is 9.99. The van der Waals surface area contributed by atoms with Gasteiger partial charge >= 0.3 is 6.09 Å². The molecule has 0 saturated heterocycles. The van der Waals surface area contributed by atoms with Crippen LogP contribution in [0.5, 0.6) is 0 Å². The van der Waals surface area contributed by atoms with Crippen LogP contribution < -0.4 is 11.1 Å². The van der Waals surface area contributed by atoms with E-state index in [-0.39, 0.29) is 18.7 Å². The summed E-state index contributed by atoms with van der Waals surface area (Å²) in [4.78, 5) is 14.9. The molecule has 0 aliphatic heterocycles. The van der Waals surface area contributed by atoms with Crippen LogP contribution in [-0.2, 0) is 4.74 Å².